The molecule has 4 nitrogen and oxygen atoms in total. The number of carboxylic acids is 1. The Morgan fingerprint density at radius 1 is 1.56 bits per heavy atom. The molecule has 7 heteroatoms. The van der Waals surface area contributed by atoms with Crippen molar-refractivity contribution in [3.8, 4) is 0 Å². The van der Waals surface area contributed by atoms with Crippen LogP contribution in [-0.2, 0) is 4.79 Å². The zero-order valence-corrected chi connectivity index (χ0v) is 8.74. The topological polar surface area (TPSA) is 60.8 Å². The van der Waals surface area contributed by atoms with E-state index in [4.69, 9.17) is 10.2 Å². The lowest BCUT2D eigenvalue weighted by Crippen LogP contribution is -2.43. The van der Waals surface area contributed by atoms with E-state index in [0.717, 1.165) is 0 Å². The van der Waals surface area contributed by atoms with Gasteiger partial charge >= 0.3 is 12.1 Å². The van der Waals surface area contributed by atoms with E-state index < -0.39 is 36.8 Å². The number of aliphatic hydroxyl groups is 1. The number of carbonyl (C=O) groups is 1. The van der Waals surface area contributed by atoms with Gasteiger partial charge in [0, 0.05) is 12.6 Å². The van der Waals surface area contributed by atoms with Crippen molar-refractivity contribution in [1.82, 2.24) is 4.90 Å². The van der Waals surface area contributed by atoms with Crippen molar-refractivity contribution in [3.63, 3.8) is 0 Å². The molecule has 0 aromatic heterocycles. The highest BCUT2D eigenvalue weighted by molar-refractivity contribution is 5.71. The minimum absolute atomic E-state index is 0.269. The smallest absolute Gasteiger partial charge is 0.415 e. The van der Waals surface area contributed by atoms with Crippen LogP contribution in [0.25, 0.3) is 0 Å². The van der Waals surface area contributed by atoms with Crippen LogP contribution in [0.1, 0.15) is 13.3 Å². The second-order valence-corrected chi connectivity index (χ2v) is 4.03. The zero-order valence-electron chi connectivity index (χ0n) is 8.74. The molecule has 0 aromatic rings. The number of aliphatic carboxylic acids is 1. The molecule has 3 unspecified atom stereocenters. The highest BCUT2D eigenvalue weighted by atomic mass is 19.4. The fourth-order valence-corrected chi connectivity index (χ4v) is 1.92. The zero-order chi connectivity index (χ0) is 12.5. The van der Waals surface area contributed by atoms with E-state index in [1.807, 2.05) is 0 Å². The Hall–Kier alpha value is -0.820. The quantitative estimate of drug-likeness (QED) is 0.763. The molecule has 1 aliphatic rings. The third kappa shape index (κ3) is 2.85. The summed E-state index contributed by atoms with van der Waals surface area (Å²) in [5.41, 5.74) is 0. The second kappa shape index (κ2) is 4.58. The van der Waals surface area contributed by atoms with Crippen molar-refractivity contribution in [3.05, 3.63) is 0 Å². The molecule has 16 heavy (non-hydrogen) atoms. The lowest BCUT2D eigenvalue weighted by Gasteiger charge is -2.26. The number of rotatable bonds is 3. The van der Waals surface area contributed by atoms with Crippen LogP contribution < -0.4 is 0 Å². The lowest BCUT2D eigenvalue weighted by molar-refractivity contribution is -0.208. The Bertz CT molecular complexity index is 269. The number of alkyl halides is 3. The summed E-state index contributed by atoms with van der Waals surface area (Å²) in [6, 6.07) is -0.477. The van der Waals surface area contributed by atoms with Crippen molar-refractivity contribution >= 4 is 5.97 Å². The van der Waals surface area contributed by atoms with Gasteiger partial charge in [0.15, 0.2) is 6.10 Å². The van der Waals surface area contributed by atoms with Crippen LogP contribution in [0, 0.1) is 5.92 Å². The average molecular weight is 241 g/mol. The monoisotopic (exact) mass is 241 g/mol. The summed E-state index contributed by atoms with van der Waals surface area (Å²) >= 11 is 0. The highest BCUT2D eigenvalue weighted by Crippen LogP contribution is 2.27. The Kier molecular flexibility index (Phi) is 3.80. The summed E-state index contributed by atoms with van der Waals surface area (Å²) < 4.78 is 36.3. The van der Waals surface area contributed by atoms with E-state index in [0.29, 0.717) is 6.42 Å². The molecule has 0 radical (unpaired) electrons. The first-order valence-electron chi connectivity index (χ1n) is 4.95. The van der Waals surface area contributed by atoms with Gasteiger partial charge in [0.25, 0.3) is 0 Å². The number of hydrogen-bond acceptors (Lipinski definition) is 3. The van der Waals surface area contributed by atoms with Gasteiger partial charge in [-0.05, 0) is 19.9 Å². The molecule has 1 fully saturated rings. The van der Waals surface area contributed by atoms with E-state index in [1.54, 1.807) is 6.92 Å². The maximum absolute atomic E-state index is 12.1. The molecule has 1 saturated heterocycles. The maximum atomic E-state index is 12.1. The first kappa shape index (κ1) is 13.2. The third-order valence-corrected chi connectivity index (χ3v) is 2.99. The van der Waals surface area contributed by atoms with Crippen LogP contribution in [0.15, 0.2) is 0 Å². The van der Waals surface area contributed by atoms with Gasteiger partial charge in [0.2, 0.25) is 0 Å². The van der Waals surface area contributed by atoms with Crippen molar-refractivity contribution in [1.29, 1.82) is 0 Å². The number of halogens is 3. The van der Waals surface area contributed by atoms with Crippen LogP contribution in [0.4, 0.5) is 13.2 Å². The van der Waals surface area contributed by atoms with Crippen LogP contribution in [-0.4, -0.2) is 52.5 Å². The first-order chi connectivity index (χ1) is 7.23. The van der Waals surface area contributed by atoms with Gasteiger partial charge < -0.3 is 10.2 Å². The number of aliphatic hydroxyl groups excluding tert-OH is 1. The van der Waals surface area contributed by atoms with Crippen molar-refractivity contribution < 1.29 is 28.2 Å². The van der Waals surface area contributed by atoms with Gasteiger partial charge in [-0.2, -0.15) is 13.2 Å². The van der Waals surface area contributed by atoms with Crippen LogP contribution >= 0.6 is 0 Å². The van der Waals surface area contributed by atoms with Crippen molar-refractivity contribution in [2.24, 2.45) is 5.92 Å². The predicted octanol–water partition coefficient (Wildman–Crippen LogP) is 0.705. The molecule has 1 aliphatic heterocycles. The maximum Gasteiger partial charge on any atom is 0.415 e. The Balaban J connectivity index is 2.55. The summed E-state index contributed by atoms with van der Waals surface area (Å²) in [6.45, 7) is 1.27. The molecule has 0 spiro atoms. The average Bonchev–Trinajstić information content (AvgIpc) is 2.46. The van der Waals surface area contributed by atoms with Gasteiger partial charge in [0.1, 0.15) is 0 Å². The molecular formula is C9H14F3NO3. The van der Waals surface area contributed by atoms with E-state index in [9.17, 15) is 18.0 Å². The number of likely N-dealkylation sites (tertiary alicyclic amines) is 1. The van der Waals surface area contributed by atoms with Crippen LogP contribution in [0.2, 0.25) is 0 Å². The van der Waals surface area contributed by atoms with E-state index in [1.165, 1.54) is 4.90 Å². The molecule has 3 atom stereocenters. The molecule has 0 saturated carbocycles. The first-order valence-corrected chi connectivity index (χ1v) is 4.95. The van der Waals surface area contributed by atoms with Crippen molar-refractivity contribution in [2.45, 2.75) is 31.7 Å². The SMILES string of the molecule is CC1C(C(=O)O)CCN1CC(O)C(F)(F)F. The standard InChI is InChI=1S/C9H14F3NO3/c1-5-6(8(15)16)2-3-13(5)4-7(14)9(10,11)12/h5-7,14H,2-4H2,1H3,(H,15,16). The summed E-state index contributed by atoms with van der Waals surface area (Å²) in [6.07, 6.45) is -6.75. The minimum atomic E-state index is -4.65. The molecule has 0 amide bonds. The number of hydrogen-bond donors (Lipinski definition) is 2. The fraction of sp³-hybridized carbons (Fsp3) is 0.889. The number of nitrogens with zero attached hydrogens (tertiary/aromatic N) is 1. The van der Waals surface area contributed by atoms with Gasteiger partial charge in [-0.3, -0.25) is 9.69 Å². The second-order valence-electron chi connectivity index (χ2n) is 4.03. The third-order valence-electron chi connectivity index (χ3n) is 2.99. The summed E-state index contributed by atoms with van der Waals surface area (Å²) in [7, 11) is 0. The molecule has 94 valence electrons. The molecular weight excluding hydrogens is 227 g/mol. The van der Waals surface area contributed by atoms with Gasteiger partial charge in [-0.25, -0.2) is 0 Å². The molecule has 1 rings (SSSR count). The van der Waals surface area contributed by atoms with Crippen LogP contribution in [0.3, 0.4) is 0 Å². The molecule has 0 aliphatic carbocycles. The van der Waals surface area contributed by atoms with Crippen molar-refractivity contribution in [2.75, 3.05) is 13.1 Å². The normalized spacial score (nSPS) is 29.3. The molecule has 0 aromatic carbocycles. The molecule has 0 bridgehead atoms. The van der Waals surface area contributed by atoms with Gasteiger partial charge in [0.05, 0.1) is 5.92 Å². The Labute approximate surface area is 90.7 Å². The Morgan fingerprint density at radius 2 is 2.12 bits per heavy atom. The predicted molar refractivity (Wildman–Crippen MR) is 48.8 cm³/mol. The molecule has 2 N–H and O–H groups in total. The molecule has 1 heterocycles. The fourth-order valence-electron chi connectivity index (χ4n) is 1.92. The van der Waals surface area contributed by atoms with E-state index in [2.05, 4.69) is 0 Å². The van der Waals surface area contributed by atoms with E-state index in [-0.39, 0.29) is 6.54 Å². The number of carboxylic acid groups (broad SMARTS) is 1. The Morgan fingerprint density at radius 3 is 2.50 bits per heavy atom. The summed E-state index contributed by atoms with van der Waals surface area (Å²) in [5, 5.41) is 17.7. The minimum Gasteiger partial charge on any atom is -0.481 e. The van der Waals surface area contributed by atoms with Gasteiger partial charge in [-0.15, -0.1) is 0 Å². The number of β-amino-alcohol motifs (C(OH)–C–C–N with tert-alkyl or cyclic N) is 1. The van der Waals surface area contributed by atoms with E-state index >= 15 is 0 Å². The van der Waals surface area contributed by atoms with Gasteiger partial charge in [-0.1, -0.05) is 0 Å². The highest BCUT2D eigenvalue weighted by Gasteiger charge is 2.43. The summed E-state index contributed by atoms with van der Waals surface area (Å²) in [5.74, 6) is -1.66. The largest absolute Gasteiger partial charge is 0.481 e. The lowest BCUT2D eigenvalue weighted by atomic mass is 10.0. The summed E-state index contributed by atoms with van der Waals surface area (Å²) in [4.78, 5) is 12.1. The van der Waals surface area contributed by atoms with Crippen LogP contribution in [0.5, 0.6) is 0 Å².